The molecule has 0 atom stereocenters. The van der Waals surface area contributed by atoms with E-state index in [4.69, 9.17) is 4.74 Å². The van der Waals surface area contributed by atoms with Crippen LogP contribution in [0.2, 0.25) is 0 Å². The molecule has 94 valence electrons. The van der Waals surface area contributed by atoms with E-state index in [0.29, 0.717) is 5.75 Å². The highest BCUT2D eigenvalue weighted by Crippen LogP contribution is 2.31. The van der Waals surface area contributed by atoms with Crippen molar-refractivity contribution in [1.82, 2.24) is 0 Å². The van der Waals surface area contributed by atoms with Gasteiger partial charge in [-0.1, -0.05) is 19.9 Å². The van der Waals surface area contributed by atoms with Gasteiger partial charge in [0.15, 0.2) is 5.82 Å². The van der Waals surface area contributed by atoms with Crippen molar-refractivity contribution in [3.8, 4) is 5.75 Å². The first-order valence-corrected chi connectivity index (χ1v) is 5.67. The molecule has 0 amide bonds. The van der Waals surface area contributed by atoms with Crippen molar-refractivity contribution in [1.29, 1.82) is 0 Å². The summed E-state index contributed by atoms with van der Waals surface area (Å²) in [7, 11) is 0. The van der Waals surface area contributed by atoms with Gasteiger partial charge in [-0.25, -0.2) is 4.39 Å². The van der Waals surface area contributed by atoms with E-state index < -0.39 is 10.7 Å². The molecule has 0 radical (unpaired) electrons. The molecule has 0 unspecified atom stereocenters. The molecule has 0 N–H and O–H groups in total. The molecule has 0 spiro atoms. The van der Waals surface area contributed by atoms with Crippen molar-refractivity contribution in [3.05, 3.63) is 34.1 Å². The lowest BCUT2D eigenvalue weighted by Crippen LogP contribution is -2.23. The Bertz CT molecular complexity index is 423. The number of benzene rings is 1. The molecular formula is C11H14FNO3S. The van der Waals surface area contributed by atoms with Crippen LogP contribution in [0.15, 0.2) is 18.2 Å². The average molecular weight is 259 g/mol. The van der Waals surface area contributed by atoms with Crippen LogP contribution >= 0.6 is 12.6 Å². The first-order chi connectivity index (χ1) is 7.87. The molecule has 0 heterocycles. The van der Waals surface area contributed by atoms with Gasteiger partial charge in [0.2, 0.25) is 5.75 Å². The lowest BCUT2D eigenvalue weighted by atomic mass is 9.98. The molecule has 0 saturated carbocycles. The largest absolute Gasteiger partial charge is 0.484 e. The Kier molecular flexibility index (Phi) is 4.34. The Morgan fingerprint density at radius 1 is 1.53 bits per heavy atom. The molecule has 0 aliphatic rings. The number of nitro groups is 1. The van der Waals surface area contributed by atoms with Gasteiger partial charge in [0.25, 0.3) is 0 Å². The first kappa shape index (κ1) is 13.8. The SMILES string of the molecule is CC(C)(CS)COc1c(F)cccc1[N+](=O)[O-]. The van der Waals surface area contributed by atoms with Crippen LogP contribution < -0.4 is 4.74 Å². The highest BCUT2D eigenvalue weighted by atomic mass is 32.1. The number of rotatable bonds is 5. The normalized spacial score (nSPS) is 11.3. The molecule has 6 heteroatoms. The second-order valence-corrected chi connectivity index (χ2v) is 4.77. The molecule has 0 bridgehead atoms. The molecular weight excluding hydrogens is 245 g/mol. The second kappa shape index (κ2) is 5.35. The van der Waals surface area contributed by atoms with E-state index in [-0.39, 0.29) is 23.5 Å². The molecule has 4 nitrogen and oxygen atoms in total. The second-order valence-electron chi connectivity index (χ2n) is 4.46. The summed E-state index contributed by atoms with van der Waals surface area (Å²) in [5.41, 5.74) is -0.640. The van der Waals surface area contributed by atoms with Gasteiger partial charge in [0.1, 0.15) is 0 Å². The third kappa shape index (κ3) is 3.59. The van der Waals surface area contributed by atoms with Crippen LogP contribution in [0.25, 0.3) is 0 Å². The van der Waals surface area contributed by atoms with Crippen LogP contribution in [-0.4, -0.2) is 17.3 Å². The van der Waals surface area contributed by atoms with Gasteiger partial charge in [0, 0.05) is 11.5 Å². The van der Waals surface area contributed by atoms with Crippen molar-refractivity contribution in [2.24, 2.45) is 5.41 Å². The van der Waals surface area contributed by atoms with Crippen LogP contribution in [0.3, 0.4) is 0 Å². The highest BCUT2D eigenvalue weighted by Gasteiger charge is 2.23. The third-order valence-corrected chi connectivity index (χ3v) is 3.03. The van der Waals surface area contributed by atoms with Crippen molar-refractivity contribution in [2.75, 3.05) is 12.4 Å². The summed E-state index contributed by atoms with van der Waals surface area (Å²) >= 11 is 4.13. The molecule has 1 rings (SSSR count). The number of nitro benzene ring substituents is 1. The van der Waals surface area contributed by atoms with E-state index in [1.54, 1.807) is 0 Å². The fourth-order valence-electron chi connectivity index (χ4n) is 1.10. The van der Waals surface area contributed by atoms with E-state index in [2.05, 4.69) is 12.6 Å². The Balaban J connectivity index is 2.94. The van der Waals surface area contributed by atoms with Crippen LogP contribution in [0.1, 0.15) is 13.8 Å². The summed E-state index contributed by atoms with van der Waals surface area (Å²) in [4.78, 5) is 10.1. The van der Waals surface area contributed by atoms with E-state index >= 15 is 0 Å². The van der Waals surface area contributed by atoms with Gasteiger partial charge in [-0.3, -0.25) is 10.1 Å². The Labute approximate surface area is 104 Å². The summed E-state index contributed by atoms with van der Waals surface area (Å²) in [5.74, 6) is -0.503. The Morgan fingerprint density at radius 3 is 2.71 bits per heavy atom. The van der Waals surface area contributed by atoms with Gasteiger partial charge < -0.3 is 4.74 Å². The van der Waals surface area contributed by atoms with E-state index in [1.165, 1.54) is 12.1 Å². The summed E-state index contributed by atoms with van der Waals surface area (Å²) in [5, 5.41) is 10.7. The minimum absolute atomic E-state index is 0.165. The van der Waals surface area contributed by atoms with Gasteiger partial charge in [-0.2, -0.15) is 12.6 Å². The number of thiol groups is 1. The Morgan fingerprint density at radius 2 is 2.18 bits per heavy atom. The van der Waals surface area contributed by atoms with Crippen LogP contribution in [0.5, 0.6) is 5.75 Å². The Hall–Kier alpha value is -1.30. The van der Waals surface area contributed by atoms with Crippen molar-refractivity contribution >= 4 is 18.3 Å². The number of hydrogen-bond donors (Lipinski definition) is 1. The number of hydrogen-bond acceptors (Lipinski definition) is 4. The maximum absolute atomic E-state index is 13.4. The summed E-state index contributed by atoms with van der Waals surface area (Å²) in [6.45, 7) is 3.93. The van der Waals surface area contributed by atoms with Crippen LogP contribution in [0.4, 0.5) is 10.1 Å². The molecule has 1 aromatic rings. The molecule has 0 saturated heterocycles. The average Bonchev–Trinajstić information content (AvgIpc) is 2.27. The lowest BCUT2D eigenvalue weighted by Gasteiger charge is -2.22. The van der Waals surface area contributed by atoms with Gasteiger partial charge in [-0.05, 0) is 11.8 Å². The monoisotopic (exact) mass is 259 g/mol. The molecule has 0 fully saturated rings. The van der Waals surface area contributed by atoms with E-state index in [1.807, 2.05) is 13.8 Å². The minimum atomic E-state index is -0.728. The first-order valence-electron chi connectivity index (χ1n) is 5.04. The van der Waals surface area contributed by atoms with Crippen LogP contribution in [-0.2, 0) is 0 Å². The zero-order valence-electron chi connectivity index (χ0n) is 9.64. The molecule has 0 aromatic heterocycles. The predicted octanol–water partition coefficient (Wildman–Crippen LogP) is 3.07. The fourth-order valence-corrected chi connectivity index (χ4v) is 1.19. The standard InChI is InChI=1S/C11H14FNO3S/c1-11(2,7-17)6-16-10-8(12)4-3-5-9(10)13(14)15/h3-5,17H,6-7H2,1-2H3. The fraction of sp³-hybridized carbons (Fsp3) is 0.455. The topological polar surface area (TPSA) is 52.4 Å². The summed E-state index contributed by atoms with van der Waals surface area (Å²) in [6.07, 6.45) is 0. The highest BCUT2D eigenvalue weighted by molar-refractivity contribution is 7.80. The number of nitrogens with zero attached hydrogens (tertiary/aromatic N) is 1. The minimum Gasteiger partial charge on any atom is -0.484 e. The van der Waals surface area contributed by atoms with Crippen molar-refractivity contribution < 1.29 is 14.1 Å². The molecule has 1 aromatic carbocycles. The van der Waals surface area contributed by atoms with Crippen molar-refractivity contribution in [2.45, 2.75) is 13.8 Å². The summed E-state index contributed by atoms with van der Waals surface area (Å²) in [6, 6.07) is 3.63. The van der Waals surface area contributed by atoms with E-state index in [0.717, 1.165) is 6.07 Å². The maximum Gasteiger partial charge on any atom is 0.314 e. The number of para-hydroxylation sites is 1. The maximum atomic E-state index is 13.4. The molecule has 0 aliphatic heterocycles. The zero-order chi connectivity index (χ0) is 13.1. The number of ether oxygens (including phenoxy) is 1. The number of halogens is 1. The quantitative estimate of drug-likeness (QED) is 0.502. The van der Waals surface area contributed by atoms with E-state index in [9.17, 15) is 14.5 Å². The van der Waals surface area contributed by atoms with Crippen LogP contribution in [0, 0.1) is 21.3 Å². The third-order valence-electron chi connectivity index (χ3n) is 2.18. The predicted molar refractivity (Wildman–Crippen MR) is 66.2 cm³/mol. The van der Waals surface area contributed by atoms with Crippen molar-refractivity contribution in [3.63, 3.8) is 0 Å². The molecule has 17 heavy (non-hydrogen) atoms. The molecule has 0 aliphatic carbocycles. The lowest BCUT2D eigenvalue weighted by molar-refractivity contribution is -0.386. The van der Waals surface area contributed by atoms with Gasteiger partial charge in [-0.15, -0.1) is 0 Å². The van der Waals surface area contributed by atoms with Gasteiger partial charge in [0.05, 0.1) is 11.5 Å². The smallest absolute Gasteiger partial charge is 0.314 e. The van der Waals surface area contributed by atoms with Gasteiger partial charge >= 0.3 is 5.69 Å². The zero-order valence-corrected chi connectivity index (χ0v) is 10.5. The summed E-state index contributed by atoms with van der Waals surface area (Å²) < 4.78 is 18.7.